The number of amides is 2. The molecule has 0 aliphatic carbocycles. The number of alkyl halides is 3. The van der Waals surface area contributed by atoms with E-state index in [1.165, 1.54) is 4.90 Å². The molecule has 2 amide bonds. The van der Waals surface area contributed by atoms with E-state index in [4.69, 9.17) is 18.9 Å². The van der Waals surface area contributed by atoms with Crippen molar-refractivity contribution in [2.24, 2.45) is 0 Å². The molecule has 1 aliphatic rings. The standard InChI is InChI=1S/C37H37F3N2O6/c38-37(39,40)35(43)41-31-21-42(36(44)48-26-30-19-11-4-12-20-30)22-32(45-23-27-13-5-1-6-14-27)34(47-25-29-17-9-3-10-18-29)33(31)46-24-28-15-7-2-8-16-28/h1-20,31-34H,21-26H2,(H,41,43)/t31-,32-,33+,34+/m0/s1. The summed E-state index contributed by atoms with van der Waals surface area (Å²) in [7, 11) is 0. The second-order valence-electron chi connectivity index (χ2n) is 11.4. The van der Waals surface area contributed by atoms with Crippen LogP contribution in [-0.4, -0.2) is 60.5 Å². The summed E-state index contributed by atoms with van der Waals surface area (Å²) < 4.78 is 65.9. The number of nitrogens with zero attached hydrogens (tertiary/aromatic N) is 1. The van der Waals surface area contributed by atoms with Gasteiger partial charge in [-0.15, -0.1) is 0 Å². The number of rotatable bonds is 12. The molecular weight excluding hydrogens is 625 g/mol. The molecule has 0 saturated carbocycles. The first-order valence-electron chi connectivity index (χ1n) is 15.6. The molecule has 1 fully saturated rings. The van der Waals surface area contributed by atoms with E-state index >= 15 is 0 Å². The molecule has 0 radical (unpaired) electrons. The maximum atomic E-state index is 13.7. The lowest BCUT2D eigenvalue weighted by atomic mass is 10.0. The summed E-state index contributed by atoms with van der Waals surface area (Å²) >= 11 is 0. The van der Waals surface area contributed by atoms with Gasteiger partial charge in [-0.2, -0.15) is 13.2 Å². The Morgan fingerprint density at radius 1 is 0.604 bits per heavy atom. The normalized spacial score (nSPS) is 19.7. The van der Waals surface area contributed by atoms with E-state index in [2.05, 4.69) is 5.32 Å². The first-order chi connectivity index (χ1) is 23.3. The van der Waals surface area contributed by atoms with E-state index in [1.807, 2.05) is 97.1 Å². The van der Waals surface area contributed by atoms with E-state index in [1.54, 1.807) is 24.3 Å². The number of carbonyl (C=O) groups is 2. The molecule has 8 nitrogen and oxygen atoms in total. The van der Waals surface area contributed by atoms with E-state index in [0.29, 0.717) is 0 Å². The van der Waals surface area contributed by atoms with Crippen molar-refractivity contribution < 1.29 is 41.7 Å². The molecule has 0 spiro atoms. The summed E-state index contributed by atoms with van der Waals surface area (Å²) in [6.45, 7) is -0.338. The lowest BCUT2D eigenvalue weighted by molar-refractivity contribution is -0.179. The van der Waals surface area contributed by atoms with Crippen molar-refractivity contribution in [2.75, 3.05) is 13.1 Å². The molecule has 1 N–H and O–H groups in total. The average Bonchev–Trinajstić information content (AvgIpc) is 3.25. The molecule has 252 valence electrons. The van der Waals surface area contributed by atoms with E-state index in [0.717, 1.165) is 22.3 Å². The molecule has 11 heteroatoms. The Kier molecular flexibility index (Phi) is 12.2. The predicted molar refractivity (Wildman–Crippen MR) is 171 cm³/mol. The number of nitrogens with one attached hydrogen (secondary N) is 1. The zero-order valence-corrected chi connectivity index (χ0v) is 26.1. The van der Waals surface area contributed by atoms with Gasteiger partial charge in [0.05, 0.1) is 32.4 Å². The molecule has 0 unspecified atom stereocenters. The Hall–Kier alpha value is -4.71. The maximum Gasteiger partial charge on any atom is 0.471 e. The minimum absolute atomic E-state index is 0.00104. The fourth-order valence-corrected chi connectivity index (χ4v) is 5.39. The van der Waals surface area contributed by atoms with Crippen LogP contribution in [0.2, 0.25) is 0 Å². The fourth-order valence-electron chi connectivity index (χ4n) is 5.39. The van der Waals surface area contributed by atoms with Crippen LogP contribution in [0.3, 0.4) is 0 Å². The second kappa shape index (κ2) is 16.9. The van der Waals surface area contributed by atoms with Crippen molar-refractivity contribution in [1.82, 2.24) is 10.2 Å². The number of carbonyl (C=O) groups excluding carboxylic acids is 2. The Balaban J connectivity index is 1.50. The first kappa shape index (κ1) is 34.6. The van der Waals surface area contributed by atoms with E-state index < -0.39 is 42.5 Å². The monoisotopic (exact) mass is 662 g/mol. The highest BCUT2D eigenvalue weighted by Crippen LogP contribution is 2.27. The summed E-state index contributed by atoms with van der Waals surface area (Å²) in [5.74, 6) is -2.16. The van der Waals surface area contributed by atoms with Crippen LogP contribution < -0.4 is 5.32 Å². The molecule has 4 atom stereocenters. The highest BCUT2D eigenvalue weighted by molar-refractivity contribution is 5.82. The lowest BCUT2D eigenvalue weighted by Gasteiger charge is -2.35. The fraction of sp³-hybridized carbons (Fsp3) is 0.297. The third kappa shape index (κ3) is 10.1. The molecular formula is C37H37F3N2O6. The molecule has 0 bridgehead atoms. The van der Waals surface area contributed by atoms with Gasteiger partial charge in [0.15, 0.2) is 0 Å². The van der Waals surface area contributed by atoms with Crippen LogP contribution in [0.4, 0.5) is 18.0 Å². The largest absolute Gasteiger partial charge is 0.471 e. The summed E-state index contributed by atoms with van der Waals surface area (Å²) in [6.07, 6.45) is -9.06. The molecule has 48 heavy (non-hydrogen) atoms. The SMILES string of the molecule is O=C(OCc1ccccc1)N1C[C@H](NC(=O)C(F)(F)F)[C@@H](OCc2ccccc2)[C@H](OCc2ccccc2)[C@@H](OCc2ccccc2)C1. The van der Waals surface area contributed by atoms with Gasteiger partial charge >= 0.3 is 18.2 Å². The lowest BCUT2D eigenvalue weighted by Crippen LogP contribution is -2.57. The van der Waals surface area contributed by atoms with Crippen LogP contribution >= 0.6 is 0 Å². The molecule has 4 aromatic rings. The van der Waals surface area contributed by atoms with E-state index in [9.17, 15) is 22.8 Å². The van der Waals surface area contributed by atoms with Crippen molar-refractivity contribution in [1.29, 1.82) is 0 Å². The van der Waals surface area contributed by atoms with Gasteiger partial charge in [0.2, 0.25) is 0 Å². The van der Waals surface area contributed by atoms with Crippen LogP contribution in [0.15, 0.2) is 121 Å². The Labute approximate surface area is 277 Å². The van der Waals surface area contributed by atoms with Crippen molar-refractivity contribution in [3.05, 3.63) is 144 Å². The number of benzene rings is 4. The minimum atomic E-state index is -5.18. The number of ether oxygens (including phenoxy) is 4. The molecule has 4 aromatic carbocycles. The number of likely N-dealkylation sites (tertiary alicyclic amines) is 1. The molecule has 1 saturated heterocycles. The van der Waals surface area contributed by atoms with Crippen LogP contribution in [-0.2, 0) is 50.2 Å². The van der Waals surface area contributed by atoms with Gasteiger partial charge in [-0.1, -0.05) is 121 Å². The minimum Gasteiger partial charge on any atom is -0.445 e. The van der Waals surface area contributed by atoms with Gasteiger partial charge in [-0.05, 0) is 22.3 Å². The van der Waals surface area contributed by atoms with Gasteiger partial charge in [0.25, 0.3) is 0 Å². The average molecular weight is 663 g/mol. The van der Waals surface area contributed by atoms with Crippen molar-refractivity contribution >= 4 is 12.0 Å². The smallest absolute Gasteiger partial charge is 0.445 e. The van der Waals surface area contributed by atoms with Crippen LogP contribution in [0, 0.1) is 0 Å². The van der Waals surface area contributed by atoms with Crippen LogP contribution in [0.1, 0.15) is 22.3 Å². The highest BCUT2D eigenvalue weighted by atomic mass is 19.4. The van der Waals surface area contributed by atoms with Crippen molar-refractivity contribution in [3.63, 3.8) is 0 Å². The molecule has 1 heterocycles. The quantitative estimate of drug-likeness (QED) is 0.188. The molecule has 1 aliphatic heterocycles. The van der Waals surface area contributed by atoms with Crippen molar-refractivity contribution in [3.8, 4) is 0 Å². The van der Waals surface area contributed by atoms with E-state index in [-0.39, 0.29) is 39.5 Å². The van der Waals surface area contributed by atoms with Gasteiger partial charge < -0.3 is 29.2 Å². The number of halogens is 3. The summed E-state index contributed by atoms with van der Waals surface area (Å²) in [6, 6.07) is 35.3. The Bertz CT molecular complexity index is 1560. The van der Waals surface area contributed by atoms with Crippen LogP contribution in [0.5, 0.6) is 0 Å². The second-order valence-corrected chi connectivity index (χ2v) is 11.4. The number of hydrogen-bond acceptors (Lipinski definition) is 6. The van der Waals surface area contributed by atoms with Gasteiger partial charge in [-0.3, -0.25) is 4.79 Å². The summed E-state index contributed by atoms with van der Waals surface area (Å²) in [5, 5.41) is 2.09. The first-order valence-corrected chi connectivity index (χ1v) is 15.6. The van der Waals surface area contributed by atoms with Crippen LogP contribution in [0.25, 0.3) is 0 Å². The predicted octanol–water partition coefficient (Wildman–Crippen LogP) is 6.44. The Morgan fingerprint density at radius 3 is 1.48 bits per heavy atom. The summed E-state index contributed by atoms with van der Waals surface area (Å²) in [5.41, 5.74) is 3.13. The number of hydrogen-bond donors (Lipinski definition) is 1. The highest BCUT2D eigenvalue weighted by Gasteiger charge is 2.47. The Morgan fingerprint density at radius 2 is 1.02 bits per heavy atom. The zero-order valence-electron chi connectivity index (χ0n) is 26.1. The van der Waals surface area contributed by atoms with Crippen molar-refractivity contribution in [2.45, 2.75) is 57.0 Å². The zero-order chi connectivity index (χ0) is 33.8. The van der Waals surface area contributed by atoms with Gasteiger partial charge in [-0.25, -0.2) is 4.79 Å². The third-order valence-electron chi connectivity index (χ3n) is 7.82. The van der Waals surface area contributed by atoms with Gasteiger partial charge in [0, 0.05) is 6.54 Å². The summed E-state index contributed by atoms with van der Waals surface area (Å²) in [4.78, 5) is 27.2. The maximum absolute atomic E-state index is 13.7. The topological polar surface area (TPSA) is 86.3 Å². The van der Waals surface area contributed by atoms with Gasteiger partial charge in [0.1, 0.15) is 24.9 Å². The molecule has 5 rings (SSSR count). The third-order valence-corrected chi connectivity index (χ3v) is 7.82. The molecule has 0 aromatic heterocycles.